The standard InChI is InChI=1S/C20H16BrF6N5O/c21-16-17(12-4-5-12)32(30-18(16)20(25,26)27)10-15(33)29-14-7-28-31(9-14)8-11-2-1-3-13(6-11)19(22,23)24/h1-3,6-7,9,12H,4-5,8,10H2,(H,29,33). The lowest BCUT2D eigenvalue weighted by molar-refractivity contribution is -0.142. The van der Waals surface area contributed by atoms with Gasteiger partial charge in [0.25, 0.3) is 0 Å². The van der Waals surface area contributed by atoms with Crippen LogP contribution in [0.15, 0.2) is 41.1 Å². The van der Waals surface area contributed by atoms with Crippen molar-refractivity contribution in [2.75, 3.05) is 5.32 Å². The molecular formula is C20H16BrF6N5O. The second-order valence-corrected chi connectivity index (χ2v) is 8.44. The third kappa shape index (κ3) is 5.40. The molecule has 33 heavy (non-hydrogen) atoms. The van der Waals surface area contributed by atoms with Gasteiger partial charge >= 0.3 is 12.4 Å². The molecule has 2 heterocycles. The van der Waals surface area contributed by atoms with E-state index < -0.39 is 36.1 Å². The number of halogens is 7. The first-order chi connectivity index (χ1) is 15.4. The van der Waals surface area contributed by atoms with Gasteiger partial charge in [-0.2, -0.15) is 36.5 Å². The molecule has 2 aromatic heterocycles. The summed E-state index contributed by atoms with van der Waals surface area (Å²) in [5.74, 6) is -0.703. The summed E-state index contributed by atoms with van der Waals surface area (Å²) in [5, 5.41) is 10.1. The van der Waals surface area contributed by atoms with Crippen LogP contribution in [0.4, 0.5) is 32.0 Å². The Morgan fingerprint density at radius 3 is 2.52 bits per heavy atom. The lowest BCUT2D eigenvalue weighted by atomic mass is 10.1. The molecule has 1 aliphatic carbocycles. The quantitative estimate of drug-likeness (QED) is 0.427. The molecule has 0 saturated heterocycles. The van der Waals surface area contributed by atoms with E-state index in [1.807, 2.05) is 0 Å². The van der Waals surface area contributed by atoms with Crippen LogP contribution in [0.1, 0.15) is 41.3 Å². The Morgan fingerprint density at radius 2 is 1.88 bits per heavy atom. The number of aromatic nitrogens is 4. The highest BCUT2D eigenvalue weighted by Crippen LogP contribution is 2.47. The highest BCUT2D eigenvalue weighted by atomic mass is 79.9. The van der Waals surface area contributed by atoms with Crippen LogP contribution in [0.3, 0.4) is 0 Å². The molecule has 4 rings (SSSR count). The predicted molar refractivity (Wildman–Crippen MR) is 108 cm³/mol. The SMILES string of the molecule is O=C(Cn1nc(C(F)(F)F)c(Br)c1C1CC1)Nc1cnn(Cc2cccc(C(F)(F)F)c2)c1. The molecule has 0 aliphatic heterocycles. The molecule has 0 radical (unpaired) electrons. The minimum atomic E-state index is -4.66. The van der Waals surface area contributed by atoms with Crippen LogP contribution in [-0.2, 0) is 30.2 Å². The van der Waals surface area contributed by atoms with Gasteiger partial charge in [0.15, 0.2) is 5.69 Å². The number of carbonyl (C=O) groups excluding carboxylic acids is 1. The number of hydrogen-bond acceptors (Lipinski definition) is 3. The van der Waals surface area contributed by atoms with E-state index >= 15 is 0 Å². The monoisotopic (exact) mass is 535 g/mol. The zero-order valence-corrected chi connectivity index (χ0v) is 18.3. The summed E-state index contributed by atoms with van der Waals surface area (Å²) in [6, 6.07) is 4.78. The molecule has 1 N–H and O–H groups in total. The Balaban J connectivity index is 1.44. The van der Waals surface area contributed by atoms with E-state index in [1.165, 1.54) is 29.2 Å². The minimum Gasteiger partial charge on any atom is -0.322 e. The molecule has 1 saturated carbocycles. The van der Waals surface area contributed by atoms with E-state index in [1.54, 1.807) is 0 Å². The van der Waals surface area contributed by atoms with Gasteiger partial charge < -0.3 is 5.32 Å². The van der Waals surface area contributed by atoms with Gasteiger partial charge in [-0.15, -0.1) is 0 Å². The van der Waals surface area contributed by atoms with Crippen molar-refractivity contribution >= 4 is 27.5 Å². The van der Waals surface area contributed by atoms with Gasteiger partial charge in [0.1, 0.15) is 6.54 Å². The zero-order chi connectivity index (χ0) is 24.0. The van der Waals surface area contributed by atoms with Crippen molar-refractivity contribution in [3.63, 3.8) is 0 Å². The molecule has 176 valence electrons. The van der Waals surface area contributed by atoms with Crippen molar-refractivity contribution in [3.8, 4) is 0 Å². The van der Waals surface area contributed by atoms with Gasteiger partial charge in [-0.1, -0.05) is 12.1 Å². The van der Waals surface area contributed by atoms with Crippen LogP contribution in [0.5, 0.6) is 0 Å². The van der Waals surface area contributed by atoms with E-state index in [-0.39, 0.29) is 22.6 Å². The Kier molecular flexibility index (Phi) is 6.01. The molecule has 0 bridgehead atoms. The lowest BCUT2D eigenvalue weighted by Gasteiger charge is -2.09. The van der Waals surface area contributed by atoms with Crippen molar-refractivity contribution in [3.05, 3.63) is 63.6 Å². The van der Waals surface area contributed by atoms with Gasteiger partial charge in [0.05, 0.1) is 34.2 Å². The highest BCUT2D eigenvalue weighted by molar-refractivity contribution is 9.10. The summed E-state index contributed by atoms with van der Waals surface area (Å²) < 4.78 is 80.4. The topological polar surface area (TPSA) is 64.7 Å². The number of nitrogens with one attached hydrogen (secondary N) is 1. The molecule has 0 atom stereocenters. The molecule has 1 aliphatic rings. The lowest BCUT2D eigenvalue weighted by Crippen LogP contribution is -2.21. The number of carbonyl (C=O) groups is 1. The Hall–Kier alpha value is -2.83. The maximum atomic E-state index is 13.2. The average molecular weight is 536 g/mol. The van der Waals surface area contributed by atoms with E-state index in [0.717, 1.165) is 16.8 Å². The van der Waals surface area contributed by atoms with Gasteiger partial charge in [0.2, 0.25) is 5.91 Å². The van der Waals surface area contributed by atoms with Crippen molar-refractivity contribution < 1.29 is 31.1 Å². The molecule has 6 nitrogen and oxygen atoms in total. The molecule has 0 unspecified atom stereocenters. The first kappa shape index (κ1) is 23.3. The van der Waals surface area contributed by atoms with Crippen LogP contribution >= 0.6 is 15.9 Å². The van der Waals surface area contributed by atoms with Crippen LogP contribution in [-0.4, -0.2) is 25.5 Å². The number of amides is 1. The smallest absolute Gasteiger partial charge is 0.322 e. The maximum absolute atomic E-state index is 13.2. The molecule has 1 fully saturated rings. The summed E-state index contributed by atoms with van der Waals surface area (Å²) in [4.78, 5) is 12.4. The third-order valence-corrected chi connectivity index (χ3v) is 5.76. The fourth-order valence-corrected chi connectivity index (χ4v) is 4.22. The normalized spacial score (nSPS) is 14.5. The summed E-state index contributed by atoms with van der Waals surface area (Å²) in [7, 11) is 0. The first-order valence-electron chi connectivity index (χ1n) is 9.73. The van der Waals surface area contributed by atoms with Crippen molar-refractivity contribution in [1.82, 2.24) is 19.6 Å². The van der Waals surface area contributed by atoms with E-state index in [0.29, 0.717) is 24.1 Å². The minimum absolute atomic E-state index is 0.0344. The van der Waals surface area contributed by atoms with Crippen LogP contribution in [0.2, 0.25) is 0 Å². The predicted octanol–water partition coefficient (Wildman–Crippen LogP) is 5.44. The summed E-state index contributed by atoms with van der Waals surface area (Å²) in [6.45, 7) is -0.397. The van der Waals surface area contributed by atoms with E-state index in [2.05, 4.69) is 31.4 Å². The van der Waals surface area contributed by atoms with Gasteiger partial charge in [-0.05, 0) is 46.5 Å². The first-order valence-corrected chi connectivity index (χ1v) is 10.5. The number of alkyl halides is 6. The van der Waals surface area contributed by atoms with Crippen molar-refractivity contribution in [2.24, 2.45) is 0 Å². The number of benzene rings is 1. The molecule has 1 amide bonds. The Bertz CT molecular complexity index is 1180. The molecule has 13 heteroatoms. The second-order valence-electron chi connectivity index (χ2n) is 7.65. The molecule has 1 aromatic carbocycles. The maximum Gasteiger partial charge on any atom is 0.436 e. The number of nitrogens with zero attached hydrogens (tertiary/aromatic N) is 4. The van der Waals surface area contributed by atoms with Gasteiger partial charge in [-0.3, -0.25) is 14.2 Å². The molecule has 3 aromatic rings. The summed E-state index contributed by atoms with van der Waals surface area (Å²) in [5.41, 5.74) is -0.914. The summed E-state index contributed by atoms with van der Waals surface area (Å²) >= 11 is 2.97. The number of rotatable bonds is 6. The van der Waals surface area contributed by atoms with Crippen LogP contribution in [0, 0.1) is 0 Å². The van der Waals surface area contributed by atoms with E-state index in [4.69, 9.17) is 0 Å². The van der Waals surface area contributed by atoms with Gasteiger partial charge in [0, 0.05) is 12.1 Å². The third-order valence-electron chi connectivity index (χ3n) is 4.97. The Morgan fingerprint density at radius 1 is 1.15 bits per heavy atom. The second kappa shape index (κ2) is 8.50. The molecular weight excluding hydrogens is 520 g/mol. The number of anilines is 1. The summed E-state index contributed by atoms with van der Waals surface area (Å²) in [6.07, 6.45) is -4.98. The van der Waals surface area contributed by atoms with E-state index in [9.17, 15) is 31.1 Å². The van der Waals surface area contributed by atoms with Gasteiger partial charge in [-0.25, -0.2) is 0 Å². The van der Waals surface area contributed by atoms with Crippen LogP contribution in [0.25, 0.3) is 0 Å². The number of hydrogen-bond donors (Lipinski definition) is 1. The average Bonchev–Trinajstić information content (AvgIpc) is 3.35. The largest absolute Gasteiger partial charge is 0.436 e. The highest BCUT2D eigenvalue weighted by Gasteiger charge is 2.42. The fourth-order valence-electron chi connectivity index (χ4n) is 3.39. The molecule has 0 spiro atoms. The van der Waals surface area contributed by atoms with Crippen molar-refractivity contribution in [1.29, 1.82) is 0 Å². The van der Waals surface area contributed by atoms with Crippen LogP contribution < -0.4 is 5.32 Å². The van der Waals surface area contributed by atoms with Crippen molar-refractivity contribution in [2.45, 2.75) is 44.2 Å². The fraction of sp³-hybridized carbons (Fsp3) is 0.350. The Labute approximate surface area is 191 Å². The zero-order valence-electron chi connectivity index (χ0n) is 16.7.